The number of benzene rings is 1. The predicted molar refractivity (Wildman–Crippen MR) is 75.3 cm³/mol. The van der Waals surface area contributed by atoms with Gasteiger partial charge < -0.3 is 10.6 Å². The van der Waals surface area contributed by atoms with Gasteiger partial charge in [0, 0.05) is 18.3 Å². The highest BCUT2D eigenvalue weighted by molar-refractivity contribution is 5.60. The molecule has 0 unspecified atom stereocenters. The summed E-state index contributed by atoms with van der Waals surface area (Å²) in [4.78, 5) is 8.34. The molecule has 0 atom stereocenters. The second-order valence-electron chi connectivity index (χ2n) is 4.43. The Balaban J connectivity index is 2.37. The fourth-order valence-electron chi connectivity index (χ4n) is 1.77. The van der Waals surface area contributed by atoms with Crippen LogP contribution in [0.5, 0.6) is 0 Å². The summed E-state index contributed by atoms with van der Waals surface area (Å²) >= 11 is 0. The van der Waals surface area contributed by atoms with Crippen molar-refractivity contribution in [2.24, 2.45) is 0 Å². The van der Waals surface area contributed by atoms with Gasteiger partial charge in [0.15, 0.2) is 5.82 Å². The number of aromatic nitrogens is 2. The van der Waals surface area contributed by atoms with Crippen LogP contribution < -0.4 is 10.6 Å². The number of hydrogen-bond acceptors (Lipinski definition) is 4. The van der Waals surface area contributed by atoms with Crippen molar-refractivity contribution in [3.63, 3.8) is 0 Å². The van der Waals surface area contributed by atoms with Gasteiger partial charge in [0.25, 0.3) is 0 Å². The zero-order valence-corrected chi connectivity index (χ0v) is 11.6. The summed E-state index contributed by atoms with van der Waals surface area (Å²) in [6, 6.07) is 4.24. The Kier molecular flexibility index (Phi) is 4.12. The first kappa shape index (κ1) is 14.2. The van der Waals surface area contributed by atoms with Crippen molar-refractivity contribution >= 4 is 17.5 Å². The van der Waals surface area contributed by atoms with Crippen molar-refractivity contribution in [3.8, 4) is 0 Å². The Labute approximate surface area is 116 Å². The molecule has 1 aromatic carbocycles. The molecular formula is C14H16F2N4. The Morgan fingerprint density at radius 1 is 1.15 bits per heavy atom. The van der Waals surface area contributed by atoms with Crippen LogP contribution in [0.4, 0.5) is 26.2 Å². The molecule has 106 valence electrons. The first-order valence-electron chi connectivity index (χ1n) is 6.32. The van der Waals surface area contributed by atoms with Crippen LogP contribution in [0.2, 0.25) is 0 Å². The van der Waals surface area contributed by atoms with Crippen LogP contribution in [0.25, 0.3) is 0 Å². The van der Waals surface area contributed by atoms with E-state index in [1.54, 1.807) is 19.9 Å². The fourth-order valence-corrected chi connectivity index (χ4v) is 1.77. The quantitative estimate of drug-likeness (QED) is 0.898. The summed E-state index contributed by atoms with van der Waals surface area (Å²) in [5.74, 6) is -0.513. The molecule has 1 heterocycles. The minimum absolute atomic E-state index is 0.203. The van der Waals surface area contributed by atoms with Gasteiger partial charge in [0.1, 0.15) is 17.3 Å². The van der Waals surface area contributed by atoms with E-state index in [0.29, 0.717) is 29.6 Å². The second kappa shape index (κ2) is 5.81. The number of nitrogens with zero attached hydrogens (tertiary/aromatic N) is 2. The summed E-state index contributed by atoms with van der Waals surface area (Å²) < 4.78 is 27.6. The molecular weight excluding hydrogens is 262 g/mol. The standard InChI is InChI=1S/C14H16F2N4/c1-4-17-14-18-9(3)7-11(20-14)19-13-10(15)6-5-8(2)12(13)16/h5-7H,4H2,1-3H3,(H2,17,18,19,20). The monoisotopic (exact) mass is 278 g/mol. The van der Waals surface area contributed by atoms with E-state index in [4.69, 9.17) is 0 Å². The molecule has 0 aliphatic carbocycles. The average molecular weight is 278 g/mol. The van der Waals surface area contributed by atoms with Gasteiger partial charge in [-0.05, 0) is 32.4 Å². The lowest BCUT2D eigenvalue weighted by atomic mass is 10.2. The molecule has 4 nitrogen and oxygen atoms in total. The zero-order valence-electron chi connectivity index (χ0n) is 11.6. The lowest BCUT2D eigenvalue weighted by Crippen LogP contribution is -2.07. The van der Waals surface area contributed by atoms with Crippen LogP contribution in [-0.2, 0) is 0 Å². The van der Waals surface area contributed by atoms with Gasteiger partial charge in [-0.3, -0.25) is 0 Å². The lowest BCUT2D eigenvalue weighted by Gasteiger charge is -2.11. The van der Waals surface area contributed by atoms with Crippen molar-refractivity contribution in [1.29, 1.82) is 0 Å². The lowest BCUT2D eigenvalue weighted by molar-refractivity contribution is 0.584. The van der Waals surface area contributed by atoms with Crippen LogP contribution in [0.3, 0.4) is 0 Å². The highest BCUT2D eigenvalue weighted by Crippen LogP contribution is 2.25. The number of aryl methyl sites for hydroxylation is 2. The number of anilines is 3. The molecule has 2 rings (SSSR count). The van der Waals surface area contributed by atoms with E-state index in [2.05, 4.69) is 20.6 Å². The zero-order chi connectivity index (χ0) is 14.7. The van der Waals surface area contributed by atoms with Gasteiger partial charge in [0.05, 0.1) is 0 Å². The third-order valence-corrected chi connectivity index (χ3v) is 2.73. The van der Waals surface area contributed by atoms with Gasteiger partial charge in [-0.2, -0.15) is 4.98 Å². The molecule has 0 aliphatic rings. The van der Waals surface area contributed by atoms with E-state index in [1.807, 2.05) is 6.92 Å². The van der Waals surface area contributed by atoms with Gasteiger partial charge in [0.2, 0.25) is 5.95 Å². The summed E-state index contributed by atoms with van der Waals surface area (Å²) in [7, 11) is 0. The summed E-state index contributed by atoms with van der Waals surface area (Å²) in [6.07, 6.45) is 0. The normalized spacial score (nSPS) is 10.4. The number of rotatable bonds is 4. The Hall–Kier alpha value is -2.24. The molecule has 0 saturated carbocycles. The van der Waals surface area contributed by atoms with E-state index >= 15 is 0 Å². The topological polar surface area (TPSA) is 49.8 Å². The SMILES string of the molecule is CCNc1nc(C)cc(Nc2c(F)ccc(C)c2F)n1. The molecule has 0 amide bonds. The summed E-state index contributed by atoms with van der Waals surface area (Å²) in [6.45, 7) is 5.95. The van der Waals surface area contributed by atoms with Crippen molar-refractivity contribution in [3.05, 3.63) is 41.1 Å². The van der Waals surface area contributed by atoms with E-state index in [9.17, 15) is 8.78 Å². The predicted octanol–water partition coefficient (Wildman–Crippen LogP) is 3.55. The van der Waals surface area contributed by atoms with Crippen molar-refractivity contribution in [1.82, 2.24) is 9.97 Å². The molecule has 0 saturated heterocycles. The van der Waals surface area contributed by atoms with Crippen molar-refractivity contribution < 1.29 is 8.78 Å². The van der Waals surface area contributed by atoms with Crippen LogP contribution >= 0.6 is 0 Å². The van der Waals surface area contributed by atoms with Gasteiger partial charge in [-0.15, -0.1) is 0 Å². The first-order valence-corrected chi connectivity index (χ1v) is 6.32. The van der Waals surface area contributed by atoms with Crippen LogP contribution in [0.15, 0.2) is 18.2 Å². The second-order valence-corrected chi connectivity index (χ2v) is 4.43. The highest BCUT2D eigenvalue weighted by atomic mass is 19.1. The Morgan fingerprint density at radius 2 is 1.90 bits per heavy atom. The molecule has 0 radical (unpaired) electrons. The summed E-state index contributed by atoms with van der Waals surface area (Å²) in [5.41, 5.74) is 0.865. The molecule has 0 bridgehead atoms. The van der Waals surface area contributed by atoms with Gasteiger partial charge in [-0.25, -0.2) is 13.8 Å². The maximum atomic E-state index is 13.9. The molecule has 0 fully saturated rings. The third-order valence-electron chi connectivity index (χ3n) is 2.73. The van der Waals surface area contributed by atoms with Crippen LogP contribution in [0, 0.1) is 25.5 Å². The van der Waals surface area contributed by atoms with E-state index in [1.165, 1.54) is 12.1 Å². The maximum Gasteiger partial charge on any atom is 0.224 e. The van der Waals surface area contributed by atoms with E-state index in [-0.39, 0.29) is 5.69 Å². The fraction of sp³-hybridized carbons (Fsp3) is 0.286. The van der Waals surface area contributed by atoms with Gasteiger partial charge >= 0.3 is 0 Å². The Bertz CT molecular complexity index is 629. The molecule has 2 N–H and O–H groups in total. The number of nitrogens with one attached hydrogen (secondary N) is 2. The molecule has 6 heteroatoms. The van der Waals surface area contributed by atoms with Crippen molar-refractivity contribution in [2.45, 2.75) is 20.8 Å². The van der Waals surface area contributed by atoms with Crippen molar-refractivity contribution in [2.75, 3.05) is 17.2 Å². The van der Waals surface area contributed by atoms with Crippen LogP contribution in [0.1, 0.15) is 18.2 Å². The van der Waals surface area contributed by atoms with Crippen LogP contribution in [-0.4, -0.2) is 16.5 Å². The molecule has 1 aromatic heterocycles. The van der Waals surface area contributed by atoms with E-state index in [0.717, 1.165) is 0 Å². The maximum absolute atomic E-state index is 13.9. The molecule has 0 aliphatic heterocycles. The minimum Gasteiger partial charge on any atom is -0.354 e. The molecule has 0 spiro atoms. The number of hydrogen-bond donors (Lipinski definition) is 2. The van der Waals surface area contributed by atoms with Gasteiger partial charge in [-0.1, -0.05) is 6.07 Å². The van der Waals surface area contributed by atoms with E-state index < -0.39 is 11.6 Å². The summed E-state index contributed by atoms with van der Waals surface area (Å²) in [5, 5.41) is 5.65. The number of halogens is 2. The Morgan fingerprint density at radius 3 is 2.60 bits per heavy atom. The molecule has 2 aromatic rings. The molecule has 20 heavy (non-hydrogen) atoms. The average Bonchev–Trinajstić information content (AvgIpc) is 2.39. The third kappa shape index (κ3) is 3.01. The smallest absolute Gasteiger partial charge is 0.224 e. The minimum atomic E-state index is -0.658. The first-order chi connectivity index (χ1) is 9.51. The largest absolute Gasteiger partial charge is 0.354 e. The highest BCUT2D eigenvalue weighted by Gasteiger charge is 2.12.